The zero-order valence-corrected chi connectivity index (χ0v) is 21.8. The molecule has 0 bridgehead atoms. The van der Waals surface area contributed by atoms with E-state index in [1.807, 2.05) is 12.1 Å². The largest absolute Gasteiger partial charge is 0.493 e. The number of ether oxygens (including phenoxy) is 1. The highest BCUT2D eigenvalue weighted by atomic mass is 19.1. The monoisotopic (exact) mass is 458 g/mol. The second-order valence-electron chi connectivity index (χ2n) is 11.4. The second-order valence-corrected chi connectivity index (χ2v) is 11.4. The molecule has 1 aromatic rings. The van der Waals surface area contributed by atoms with Crippen molar-refractivity contribution in [3.8, 4) is 5.75 Å². The lowest BCUT2D eigenvalue weighted by Gasteiger charge is -2.29. The zero-order valence-electron chi connectivity index (χ0n) is 21.8. The molecule has 188 valence electrons. The van der Waals surface area contributed by atoms with Crippen LogP contribution in [0.4, 0.5) is 4.39 Å². The first kappa shape index (κ1) is 26.6. The van der Waals surface area contributed by atoms with Crippen molar-refractivity contribution in [1.82, 2.24) is 0 Å². The maximum absolute atomic E-state index is 14.7. The van der Waals surface area contributed by atoms with Crippen molar-refractivity contribution in [2.24, 2.45) is 23.7 Å². The molecule has 0 saturated heterocycles. The summed E-state index contributed by atoms with van der Waals surface area (Å²) in [4.78, 5) is 0. The van der Waals surface area contributed by atoms with Crippen LogP contribution in [0.25, 0.3) is 0 Å². The van der Waals surface area contributed by atoms with Gasteiger partial charge in [-0.3, -0.25) is 0 Å². The Morgan fingerprint density at radius 2 is 1.21 bits per heavy atom. The van der Waals surface area contributed by atoms with Gasteiger partial charge in [-0.15, -0.1) is 0 Å². The SMILES string of the molecule is CCCCCC1CCC(CCc2ccc(OCC3CCC(CCCCC)CC3)cc2F)CC1. The van der Waals surface area contributed by atoms with Crippen LogP contribution < -0.4 is 4.74 Å². The van der Waals surface area contributed by atoms with E-state index < -0.39 is 0 Å². The zero-order chi connectivity index (χ0) is 23.3. The molecule has 0 radical (unpaired) electrons. The van der Waals surface area contributed by atoms with Gasteiger partial charge in [0, 0.05) is 6.07 Å². The summed E-state index contributed by atoms with van der Waals surface area (Å²) in [5, 5.41) is 0. The smallest absolute Gasteiger partial charge is 0.130 e. The summed E-state index contributed by atoms with van der Waals surface area (Å²) >= 11 is 0. The number of aryl methyl sites for hydroxylation is 1. The van der Waals surface area contributed by atoms with Crippen molar-refractivity contribution >= 4 is 0 Å². The van der Waals surface area contributed by atoms with E-state index in [1.54, 1.807) is 6.07 Å². The van der Waals surface area contributed by atoms with Crippen molar-refractivity contribution in [2.45, 2.75) is 129 Å². The van der Waals surface area contributed by atoms with E-state index in [-0.39, 0.29) is 5.82 Å². The Balaban J connectivity index is 1.32. The highest BCUT2D eigenvalue weighted by Gasteiger charge is 2.22. The summed E-state index contributed by atoms with van der Waals surface area (Å²) in [6.07, 6.45) is 23.8. The number of halogens is 1. The van der Waals surface area contributed by atoms with Crippen LogP contribution in [0, 0.1) is 29.5 Å². The molecule has 0 N–H and O–H groups in total. The molecule has 0 amide bonds. The third-order valence-corrected chi connectivity index (χ3v) is 8.70. The van der Waals surface area contributed by atoms with Gasteiger partial charge in [0.15, 0.2) is 0 Å². The second kappa shape index (κ2) is 15.0. The van der Waals surface area contributed by atoms with E-state index in [4.69, 9.17) is 4.74 Å². The summed E-state index contributed by atoms with van der Waals surface area (Å²) in [6.45, 7) is 5.32. The van der Waals surface area contributed by atoms with Crippen LogP contribution in [0.15, 0.2) is 18.2 Å². The van der Waals surface area contributed by atoms with Gasteiger partial charge in [0.2, 0.25) is 0 Å². The van der Waals surface area contributed by atoms with Crippen LogP contribution >= 0.6 is 0 Å². The van der Waals surface area contributed by atoms with E-state index >= 15 is 0 Å². The molecule has 3 rings (SSSR count). The van der Waals surface area contributed by atoms with Gasteiger partial charge in [-0.2, -0.15) is 0 Å². The molecule has 0 aromatic heterocycles. The van der Waals surface area contributed by atoms with E-state index in [0.29, 0.717) is 11.7 Å². The maximum Gasteiger partial charge on any atom is 0.130 e. The normalized spacial score (nSPS) is 25.8. The van der Waals surface area contributed by atoms with Gasteiger partial charge >= 0.3 is 0 Å². The fourth-order valence-electron chi connectivity index (χ4n) is 6.26. The summed E-state index contributed by atoms with van der Waals surface area (Å²) in [5.41, 5.74) is 0.875. The lowest BCUT2D eigenvalue weighted by atomic mass is 9.78. The molecule has 2 aliphatic rings. The van der Waals surface area contributed by atoms with Crippen molar-refractivity contribution in [1.29, 1.82) is 0 Å². The van der Waals surface area contributed by atoms with Gasteiger partial charge in [-0.25, -0.2) is 4.39 Å². The Hall–Kier alpha value is -1.05. The molecule has 0 atom stereocenters. The molecule has 0 aliphatic heterocycles. The maximum atomic E-state index is 14.7. The summed E-state index contributed by atoms with van der Waals surface area (Å²) in [7, 11) is 0. The number of unbranched alkanes of at least 4 members (excludes halogenated alkanes) is 4. The van der Waals surface area contributed by atoms with E-state index in [1.165, 1.54) is 103 Å². The minimum atomic E-state index is -0.0691. The van der Waals surface area contributed by atoms with Crippen molar-refractivity contribution in [3.63, 3.8) is 0 Å². The van der Waals surface area contributed by atoms with E-state index in [9.17, 15) is 4.39 Å². The molecule has 2 fully saturated rings. The van der Waals surface area contributed by atoms with Gasteiger partial charge in [0.25, 0.3) is 0 Å². The molecule has 2 heteroatoms. The minimum absolute atomic E-state index is 0.0691. The predicted molar refractivity (Wildman–Crippen MR) is 139 cm³/mol. The van der Waals surface area contributed by atoms with Crippen LogP contribution in [0.2, 0.25) is 0 Å². The Labute approximate surface area is 204 Å². The molecule has 0 heterocycles. The third-order valence-electron chi connectivity index (χ3n) is 8.70. The average molecular weight is 459 g/mol. The van der Waals surface area contributed by atoms with E-state index in [0.717, 1.165) is 42.8 Å². The molecular formula is C31H51FO. The van der Waals surface area contributed by atoms with Crippen molar-refractivity contribution in [3.05, 3.63) is 29.6 Å². The fraction of sp³-hybridized carbons (Fsp3) is 0.806. The highest BCUT2D eigenvalue weighted by Crippen LogP contribution is 2.35. The number of rotatable bonds is 14. The first-order valence-electron chi connectivity index (χ1n) is 14.6. The van der Waals surface area contributed by atoms with Gasteiger partial charge in [0.05, 0.1) is 6.61 Å². The van der Waals surface area contributed by atoms with Crippen LogP contribution in [0.3, 0.4) is 0 Å². The third kappa shape index (κ3) is 9.61. The van der Waals surface area contributed by atoms with Crippen LogP contribution in [0.5, 0.6) is 5.75 Å². The molecule has 2 saturated carbocycles. The fourth-order valence-corrected chi connectivity index (χ4v) is 6.26. The lowest BCUT2D eigenvalue weighted by molar-refractivity contribution is 0.177. The quantitative estimate of drug-likeness (QED) is 0.252. The summed E-state index contributed by atoms with van der Waals surface area (Å²) in [6, 6.07) is 5.61. The molecule has 1 aromatic carbocycles. The number of hydrogen-bond donors (Lipinski definition) is 0. The molecule has 0 spiro atoms. The Morgan fingerprint density at radius 3 is 1.73 bits per heavy atom. The van der Waals surface area contributed by atoms with Crippen molar-refractivity contribution in [2.75, 3.05) is 6.61 Å². The van der Waals surface area contributed by atoms with Crippen molar-refractivity contribution < 1.29 is 9.13 Å². The predicted octanol–water partition coefficient (Wildman–Crippen LogP) is 9.91. The summed E-state index contributed by atoms with van der Waals surface area (Å²) < 4.78 is 20.7. The number of hydrogen-bond acceptors (Lipinski definition) is 1. The Kier molecular flexibility index (Phi) is 12.1. The first-order chi connectivity index (χ1) is 16.2. The van der Waals surface area contributed by atoms with E-state index in [2.05, 4.69) is 13.8 Å². The topological polar surface area (TPSA) is 9.23 Å². The molecule has 2 aliphatic carbocycles. The van der Waals surface area contributed by atoms with Crippen LogP contribution in [0.1, 0.15) is 129 Å². The molecular weight excluding hydrogens is 407 g/mol. The van der Waals surface area contributed by atoms with Crippen LogP contribution in [-0.2, 0) is 6.42 Å². The van der Waals surface area contributed by atoms with Gasteiger partial charge in [-0.05, 0) is 61.0 Å². The van der Waals surface area contributed by atoms with Gasteiger partial charge < -0.3 is 4.74 Å². The lowest BCUT2D eigenvalue weighted by Crippen LogP contribution is -2.20. The van der Waals surface area contributed by atoms with Crippen LogP contribution in [-0.4, -0.2) is 6.61 Å². The Bertz CT molecular complexity index is 640. The number of benzene rings is 1. The highest BCUT2D eigenvalue weighted by molar-refractivity contribution is 5.29. The molecule has 33 heavy (non-hydrogen) atoms. The molecule has 1 nitrogen and oxygen atoms in total. The van der Waals surface area contributed by atoms with Gasteiger partial charge in [0.1, 0.15) is 11.6 Å². The Morgan fingerprint density at radius 1 is 0.697 bits per heavy atom. The minimum Gasteiger partial charge on any atom is -0.493 e. The summed E-state index contributed by atoms with van der Waals surface area (Å²) in [5.74, 6) is 3.97. The standard InChI is InChI=1S/C31H51FO/c1-3-5-7-9-25-11-13-27(14-12-25)19-20-29-21-22-30(23-31(29)32)33-24-28-17-15-26(16-18-28)10-8-6-4-2/h21-23,25-28H,3-20,24H2,1-2H3. The average Bonchev–Trinajstić information content (AvgIpc) is 2.84. The molecule has 0 unspecified atom stereocenters. The first-order valence-corrected chi connectivity index (χ1v) is 14.6. The van der Waals surface area contributed by atoms with Gasteiger partial charge in [-0.1, -0.05) is 110 Å².